The molecule has 0 bridgehead atoms. The van der Waals surface area contributed by atoms with E-state index in [-0.39, 0.29) is 0 Å². The molecule has 0 amide bonds. The quantitative estimate of drug-likeness (QED) is 0.455. The van der Waals surface area contributed by atoms with Gasteiger partial charge in [-0.1, -0.05) is 55.3 Å². The highest BCUT2D eigenvalue weighted by atomic mass is 35.5. The van der Waals surface area contributed by atoms with Crippen molar-refractivity contribution in [3.8, 4) is 0 Å². The number of anilines is 2. The summed E-state index contributed by atoms with van der Waals surface area (Å²) in [6.07, 6.45) is 4.27. The molecule has 162 valence electrons. The second-order valence-corrected chi connectivity index (χ2v) is 8.56. The number of hydrogen-bond donors (Lipinski definition) is 1. The van der Waals surface area contributed by atoms with Crippen molar-refractivity contribution in [1.82, 2.24) is 0 Å². The van der Waals surface area contributed by atoms with E-state index >= 15 is 0 Å². The van der Waals surface area contributed by atoms with Crippen LogP contribution in [-0.4, -0.2) is 26.4 Å². The van der Waals surface area contributed by atoms with Crippen molar-refractivity contribution >= 4 is 53.1 Å². The molecule has 2 aromatic carbocycles. The Kier molecular flexibility index (Phi) is 9.74. The van der Waals surface area contributed by atoms with Crippen LogP contribution in [0.5, 0.6) is 0 Å². The molecule has 1 atom stereocenters. The van der Waals surface area contributed by atoms with E-state index in [0.29, 0.717) is 16.0 Å². The van der Waals surface area contributed by atoms with Crippen LogP contribution in [0, 0.1) is 5.92 Å². The van der Waals surface area contributed by atoms with E-state index in [9.17, 15) is 0 Å². The lowest BCUT2D eigenvalue weighted by molar-refractivity contribution is 0.548. The summed E-state index contributed by atoms with van der Waals surface area (Å²) in [6, 6.07) is 12.0. The Labute approximate surface area is 191 Å². The minimum Gasteiger partial charge on any atom is -0.384 e. The van der Waals surface area contributed by atoms with Gasteiger partial charge < -0.3 is 10.2 Å². The first kappa shape index (κ1) is 24.3. The second kappa shape index (κ2) is 12.0. The molecule has 1 unspecified atom stereocenters. The van der Waals surface area contributed by atoms with Gasteiger partial charge in [-0.3, -0.25) is 4.99 Å². The van der Waals surface area contributed by atoms with Gasteiger partial charge in [-0.15, -0.1) is 0 Å². The van der Waals surface area contributed by atoms with Crippen LogP contribution < -0.4 is 20.7 Å². The monoisotopic (exact) mass is 445 g/mol. The number of halogens is 2. The van der Waals surface area contributed by atoms with E-state index in [2.05, 4.69) is 67.0 Å². The number of nitrogens with zero attached hydrogens (tertiary/aromatic N) is 2. The molecule has 5 heteroatoms. The highest BCUT2D eigenvalue weighted by molar-refractivity contribution is 6.35. The molecule has 30 heavy (non-hydrogen) atoms. The van der Waals surface area contributed by atoms with Crippen molar-refractivity contribution in [2.45, 2.75) is 40.5 Å². The maximum Gasteiger partial charge on any atom is 0.0444 e. The van der Waals surface area contributed by atoms with Crippen molar-refractivity contribution in [3.05, 3.63) is 56.9 Å². The van der Waals surface area contributed by atoms with Gasteiger partial charge >= 0.3 is 0 Å². The molecule has 0 radical (unpaired) electrons. The maximum absolute atomic E-state index is 6.21. The summed E-state index contributed by atoms with van der Waals surface area (Å²) < 4.78 is 0. The Hall–Kier alpha value is -1.97. The molecule has 3 nitrogen and oxygen atoms in total. The molecule has 2 aromatic rings. The minimum atomic E-state index is 0.509. The maximum atomic E-state index is 6.21. The zero-order valence-electron chi connectivity index (χ0n) is 18.5. The van der Waals surface area contributed by atoms with E-state index in [1.54, 1.807) is 6.07 Å². The molecular weight excluding hydrogens is 413 g/mol. The third-order valence-corrected chi connectivity index (χ3v) is 5.70. The lowest BCUT2D eigenvalue weighted by Gasteiger charge is -2.26. The van der Waals surface area contributed by atoms with Crippen molar-refractivity contribution in [1.29, 1.82) is 0 Å². The van der Waals surface area contributed by atoms with E-state index in [4.69, 9.17) is 23.2 Å². The molecule has 0 saturated heterocycles. The number of nitrogens with one attached hydrogen (secondary N) is 1. The summed E-state index contributed by atoms with van der Waals surface area (Å²) in [5.41, 5.74) is 3.17. The Morgan fingerprint density at radius 1 is 1.20 bits per heavy atom. The molecule has 0 heterocycles. The Morgan fingerprint density at radius 2 is 1.90 bits per heavy atom. The van der Waals surface area contributed by atoms with Gasteiger partial charge in [-0.25, -0.2) is 0 Å². The number of hydrogen-bond acceptors (Lipinski definition) is 3. The molecule has 0 saturated carbocycles. The van der Waals surface area contributed by atoms with Crippen LogP contribution >= 0.6 is 23.2 Å². The molecular formula is C25H33Cl2N3. The van der Waals surface area contributed by atoms with Gasteiger partial charge in [0.1, 0.15) is 0 Å². The minimum absolute atomic E-state index is 0.509. The standard InChI is InChI=1S/C25H33Cl2N3/c1-6-12-30(22-15-20(26)14-21(27)16-22)13-11-18(3)17-29-25-10-8-9-24(19(4)28-5)23(25)7-2/h7-10,14-16,18,29H,5-6,11-13,17H2,1-4H3/b23-7+,24-19-. The summed E-state index contributed by atoms with van der Waals surface area (Å²) in [7, 11) is 0. The molecule has 0 fully saturated rings. The van der Waals surface area contributed by atoms with E-state index < -0.39 is 0 Å². The molecule has 0 aromatic heterocycles. The van der Waals surface area contributed by atoms with E-state index in [0.717, 1.165) is 54.8 Å². The summed E-state index contributed by atoms with van der Waals surface area (Å²) in [4.78, 5) is 6.47. The second-order valence-electron chi connectivity index (χ2n) is 7.69. The topological polar surface area (TPSA) is 27.6 Å². The number of rotatable bonds is 10. The number of aliphatic imine (C=N–C) groups is 1. The van der Waals surface area contributed by atoms with Crippen LogP contribution in [-0.2, 0) is 0 Å². The molecule has 1 N–H and O–H groups in total. The van der Waals surface area contributed by atoms with Gasteiger partial charge in [0.25, 0.3) is 0 Å². The van der Waals surface area contributed by atoms with Crippen LogP contribution in [0.2, 0.25) is 10.0 Å². The van der Waals surface area contributed by atoms with Crippen molar-refractivity contribution in [2.75, 3.05) is 29.9 Å². The Balaban J connectivity index is 2.05. The molecule has 2 rings (SSSR count). The van der Waals surface area contributed by atoms with Gasteiger partial charge in [0.05, 0.1) is 0 Å². The smallest absolute Gasteiger partial charge is 0.0444 e. The molecule has 0 aliphatic rings. The lowest BCUT2D eigenvalue weighted by Crippen LogP contribution is -2.31. The third-order valence-electron chi connectivity index (χ3n) is 5.26. The highest BCUT2D eigenvalue weighted by Gasteiger charge is 2.11. The van der Waals surface area contributed by atoms with E-state index in [1.807, 2.05) is 19.1 Å². The van der Waals surface area contributed by atoms with Crippen LogP contribution in [0.3, 0.4) is 0 Å². The average Bonchev–Trinajstić information content (AvgIpc) is 2.73. The van der Waals surface area contributed by atoms with Crippen LogP contribution in [0.1, 0.15) is 40.5 Å². The zero-order chi connectivity index (χ0) is 22.1. The van der Waals surface area contributed by atoms with Gasteiger partial charge in [0.2, 0.25) is 0 Å². The molecule has 0 aliphatic carbocycles. The first-order valence-electron chi connectivity index (χ1n) is 10.6. The summed E-state index contributed by atoms with van der Waals surface area (Å²) in [5.74, 6) is 0.509. The lowest BCUT2D eigenvalue weighted by atomic mass is 10.1. The van der Waals surface area contributed by atoms with Gasteiger partial charge in [-0.2, -0.15) is 0 Å². The highest BCUT2D eigenvalue weighted by Crippen LogP contribution is 2.26. The zero-order valence-corrected chi connectivity index (χ0v) is 20.0. The van der Waals surface area contributed by atoms with Gasteiger partial charge in [0, 0.05) is 57.2 Å². The normalized spacial score (nSPS) is 13.7. The van der Waals surface area contributed by atoms with Crippen molar-refractivity contribution in [3.63, 3.8) is 0 Å². The fraction of sp³-hybridized carbons (Fsp3) is 0.400. The first-order chi connectivity index (χ1) is 14.4. The van der Waals surface area contributed by atoms with Crippen LogP contribution in [0.4, 0.5) is 11.4 Å². The van der Waals surface area contributed by atoms with Gasteiger partial charge in [0.15, 0.2) is 0 Å². The number of benzene rings is 2. The Morgan fingerprint density at radius 3 is 2.50 bits per heavy atom. The summed E-state index contributed by atoms with van der Waals surface area (Å²) in [6.45, 7) is 15.0. The predicted octanol–water partition coefficient (Wildman–Crippen LogP) is 5.98. The average molecular weight is 446 g/mol. The molecule has 0 aliphatic heterocycles. The third kappa shape index (κ3) is 6.78. The summed E-state index contributed by atoms with van der Waals surface area (Å²) >= 11 is 12.4. The van der Waals surface area contributed by atoms with Crippen LogP contribution in [0.15, 0.2) is 41.4 Å². The molecule has 0 spiro atoms. The van der Waals surface area contributed by atoms with Gasteiger partial charge in [-0.05, 0) is 63.6 Å². The van der Waals surface area contributed by atoms with Crippen LogP contribution in [0.25, 0.3) is 11.8 Å². The fourth-order valence-electron chi connectivity index (χ4n) is 3.56. The predicted molar refractivity (Wildman–Crippen MR) is 136 cm³/mol. The summed E-state index contributed by atoms with van der Waals surface area (Å²) in [5, 5.41) is 7.29. The van der Waals surface area contributed by atoms with E-state index in [1.165, 1.54) is 5.22 Å². The van der Waals surface area contributed by atoms with Crippen molar-refractivity contribution < 1.29 is 0 Å². The SMILES string of the molecule is C=N/C(C)=c1/cccc(NCC(C)CCN(CCC)c2cc(Cl)cc(Cl)c2)/c1=C/C. The largest absolute Gasteiger partial charge is 0.384 e. The Bertz CT molecular complexity index is 949. The fourth-order valence-corrected chi connectivity index (χ4v) is 4.07. The first-order valence-corrected chi connectivity index (χ1v) is 11.3. The van der Waals surface area contributed by atoms with Crippen molar-refractivity contribution in [2.24, 2.45) is 10.9 Å².